The molecule has 78 valence electrons. The summed E-state index contributed by atoms with van der Waals surface area (Å²) >= 11 is 0. The van der Waals surface area contributed by atoms with Gasteiger partial charge in [0, 0.05) is 11.4 Å². The van der Waals surface area contributed by atoms with E-state index in [9.17, 15) is 4.39 Å². The first-order valence-corrected chi connectivity index (χ1v) is 5.41. The van der Waals surface area contributed by atoms with Gasteiger partial charge in [-0.05, 0) is 24.5 Å². The smallest absolute Gasteiger partial charge is 0.145 e. The van der Waals surface area contributed by atoms with E-state index in [0.717, 1.165) is 6.42 Å². The van der Waals surface area contributed by atoms with Crippen LogP contribution in [0.2, 0.25) is 0 Å². The van der Waals surface area contributed by atoms with Crippen LogP contribution < -0.4 is 0 Å². The van der Waals surface area contributed by atoms with E-state index in [2.05, 4.69) is 28.1 Å². The molecule has 0 aliphatic rings. The van der Waals surface area contributed by atoms with E-state index in [1.807, 2.05) is 6.92 Å². The molecular formula is C11H17FNP. The van der Waals surface area contributed by atoms with Crippen molar-refractivity contribution in [2.45, 2.75) is 32.3 Å². The van der Waals surface area contributed by atoms with E-state index in [1.54, 1.807) is 12.3 Å². The Morgan fingerprint density at radius 1 is 1.57 bits per heavy atom. The van der Waals surface area contributed by atoms with E-state index in [-0.39, 0.29) is 11.0 Å². The highest BCUT2D eigenvalue weighted by Gasteiger charge is 2.26. The van der Waals surface area contributed by atoms with Crippen LogP contribution in [0.1, 0.15) is 32.9 Å². The van der Waals surface area contributed by atoms with Crippen LogP contribution in [0.3, 0.4) is 0 Å². The maximum Gasteiger partial charge on any atom is 0.145 e. The lowest BCUT2D eigenvalue weighted by Crippen LogP contribution is -2.19. The van der Waals surface area contributed by atoms with Crippen LogP contribution >= 0.6 is 9.24 Å². The van der Waals surface area contributed by atoms with Gasteiger partial charge in [-0.15, -0.1) is 9.24 Å². The van der Waals surface area contributed by atoms with Crippen molar-refractivity contribution in [2.24, 2.45) is 5.92 Å². The Kier molecular flexibility index (Phi) is 3.60. The van der Waals surface area contributed by atoms with Crippen LogP contribution in [0.4, 0.5) is 4.39 Å². The number of rotatable bonds is 3. The predicted octanol–water partition coefficient (Wildman–Crippen LogP) is 3.36. The van der Waals surface area contributed by atoms with Gasteiger partial charge in [-0.25, -0.2) is 4.39 Å². The van der Waals surface area contributed by atoms with Crippen molar-refractivity contribution in [3.05, 3.63) is 29.8 Å². The van der Waals surface area contributed by atoms with Crippen LogP contribution in [0, 0.1) is 11.7 Å². The normalized spacial score (nSPS) is 15.6. The number of halogens is 1. The molecule has 1 nitrogen and oxygen atoms in total. The second kappa shape index (κ2) is 4.35. The Hall–Kier alpha value is -0.490. The molecular weight excluding hydrogens is 196 g/mol. The van der Waals surface area contributed by atoms with Crippen molar-refractivity contribution in [1.29, 1.82) is 0 Å². The third-order valence-electron chi connectivity index (χ3n) is 2.13. The molecule has 1 heterocycles. The van der Waals surface area contributed by atoms with Gasteiger partial charge in [-0.1, -0.05) is 20.8 Å². The van der Waals surface area contributed by atoms with E-state index in [0.29, 0.717) is 11.6 Å². The molecule has 0 aromatic carbocycles. The fraction of sp³-hybridized carbons (Fsp3) is 0.545. The third kappa shape index (κ3) is 2.75. The Morgan fingerprint density at radius 3 is 2.71 bits per heavy atom. The molecule has 0 saturated carbocycles. The maximum absolute atomic E-state index is 13.5. The molecule has 1 aromatic rings. The van der Waals surface area contributed by atoms with Gasteiger partial charge in [0.1, 0.15) is 5.82 Å². The zero-order chi connectivity index (χ0) is 10.8. The summed E-state index contributed by atoms with van der Waals surface area (Å²) in [4.78, 5) is 4.11. The molecule has 3 heteroatoms. The molecule has 0 aliphatic carbocycles. The monoisotopic (exact) mass is 213 g/mol. The number of pyridine rings is 1. The molecule has 0 amide bonds. The lowest BCUT2D eigenvalue weighted by molar-refractivity contribution is 0.458. The summed E-state index contributed by atoms with van der Waals surface area (Å²) in [6.07, 6.45) is 2.55. The molecule has 1 aromatic heterocycles. The molecule has 0 radical (unpaired) electrons. The van der Waals surface area contributed by atoms with Crippen LogP contribution in [-0.4, -0.2) is 4.98 Å². The molecule has 2 atom stereocenters. The van der Waals surface area contributed by atoms with Crippen molar-refractivity contribution >= 4 is 9.24 Å². The van der Waals surface area contributed by atoms with E-state index in [4.69, 9.17) is 0 Å². The van der Waals surface area contributed by atoms with Gasteiger partial charge in [0.15, 0.2) is 0 Å². The maximum atomic E-state index is 13.5. The largest absolute Gasteiger partial charge is 0.257 e. The Balaban J connectivity index is 2.97. The zero-order valence-electron chi connectivity index (χ0n) is 8.92. The van der Waals surface area contributed by atoms with Crippen molar-refractivity contribution in [3.8, 4) is 0 Å². The van der Waals surface area contributed by atoms with E-state index in [1.165, 1.54) is 6.07 Å². The summed E-state index contributed by atoms with van der Waals surface area (Å²) in [6.45, 7) is 6.26. The highest BCUT2D eigenvalue weighted by Crippen LogP contribution is 2.37. The zero-order valence-corrected chi connectivity index (χ0v) is 10.1. The second-order valence-corrected chi connectivity index (χ2v) is 5.62. The summed E-state index contributed by atoms with van der Waals surface area (Å²) in [5.74, 6) is 0.310. The number of hydrogen-bond donors (Lipinski definition) is 0. The van der Waals surface area contributed by atoms with Gasteiger partial charge in [-0.3, -0.25) is 4.98 Å². The minimum absolute atomic E-state index is 0.217. The topological polar surface area (TPSA) is 12.9 Å². The lowest BCUT2D eigenvalue weighted by atomic mass is 9.94. The first-order chi connectivity index (χ1) is 6.43. The molecule has 0 bridgehead atoms. The first-order valence-electron chi connectivity index (χ1n) is 4.83. The number of aromatic nitrogens is 1. The van der Waals surface area contributed by atoms with Gasteiger partial charge >= 0.3 is 0 Å². The quantitative estimate of drug-likeness (QED) is 0.701. The van der Waals surface area contributed by atoms with E-state index < -0.39 is 0 Å². The highest BCUT2D eigenvalue weighted by atomic mass is 31.0. The summed E-state index contributed by atoms with van der Waals surface area (Å²) < 4.78 is 13.5. The van der Waals surface area contributed by atoms with Gasteiger partial charge in [0.25, 0.3) is 0 Å². The van der Waals surface area contributed by atoms with Crippen LogP contribution in [0.25, 0.3) is 0 Å². The third-order valence-corrected chi connectivity index (χ3v) is 2.64. The van der Waals surface area contributed by atoms with Crippen molar-refractivity contribution < 1.29 is 4.39 Å². The molecule has 0 fully saturated rings. The Morgan fingerprint density at radius 2 is 2.21 bits per heavy atom. The van der Waals surface area contributed by atoms with Crippen molar-refractivity contribution in [3.63, 3.8) is 0 Å². The summed E-state index contributed by atoms with van der Waals surface area (Å²) in [5.41, 5.74) is 0.540. The molecule has 14 heavy (non-hydrogen) atoms. The molecule has 0 saturated heterocycles. The van der Waals surface area contributed by atoms with Crippen LogP contribution in [-0.2, 0) is 5.16 Å². The Bertz CT molecular complexity index is 310. The van der Waals surface area contributed by atoms with Gasteiger partial charge in [0.2, 0.25) is 0 Å². The Labute approximate surface area is 87.3 Å². The summed E-state index contributed by atoms with van der Waals surface area (Å²) in [5, 5.41) is -0.264. The van der Waals surface area contributed by atoms with Gasteiger partial charge < -0.3 is 0 Å². The standard InChI is InChI=1S/C11H17FNP/c1-8(2)7-11(3,14)10-9(12)5-4-6-13-10/h4-6,8H,7,14H2,1-3H3. The first kappa shape index (κ1) is 11.6. The fourth-order valence-electron chi connectivity index (χ4n) is 1.75. The second-order valence-electron chi connectivity index (χ2n) is 4.35. The fourth-order valence-corrected chi connectivity index (χ4v) is 2.43. The van der Waals surface area contributed by atoms with Crippen molar-refractivity contribution in [1.82, 2.24) is 4.98 Å². The van der Waals surface area contributed by atoms with Crippen LogP contribution in [0.15, 0.2) is 18.3 Å². The summed E-state index contributed by atoms with van der Waals surface area (Å²) in [6, 6.07) is 3.08. The number of nitrogens with zero attached hydrogens (tertiary/aromatic N) is 1. The molecule has 0 N–H and O–H groups in total. The molecule has 2 unspecified atom stereocenters. The molecule has 0 aliphatic heterocycles. The molecule has 0 spiro atoms. The SMILES string of the molecule is CC(C)CC(C)(P)c1ncccc1F. The van der Waals surface area contributed by atoms with E-state index >= 15 is 0 Å². The average molecular weight is 213 g/mol. The minimum Gasteiger partial charge on any atom is -0.257 e. The predicted molar refractivity (Wildman–Crippen MR) is 60.7 cm³/mol. The molecule has 1 rings (SSSR count). The highest BCUT2D eigenvalue weighted by molar-refractivity contribution is 7.18. The van der Waals surface area contributed by atoms with Gasteiger partial charge in [-0.2, -0.15) is 0 Å². The van der Waals surface area contributed by atoms with Gasteiger partial charge in [0.05, 0.1) is 5.69 Å². The number of hydrogen-bond acceptors (Lipinski definition) is 1. The summed E-state index contributed by atoms with van der Waals surface area (Å²) in [7, 11) is 2.71. The van der Waals surface area contributed by atoms with Crippen molar-refractivity contribution in [2.75, 3.05) is 0 Å². The minimum atomic E-state index is -0.264. The average Bonchev–Trinajstić information content (AvgIpc) is 2.02. The lowest BCUT2D eigenvalue weighted by Gasteiger charge is -2.26. The van der Waals surface area contributed by atoms with Crippen LogP contribution in [0.5, 0.6) is 0 Å².